The molecule has 34 heavy (non-hydrogen) atoms. The average molecular weight is 460 g/mol. The van der Waals surface area contributed by atoms with Crippen molar-refractivity contribution in [2.24, 2.45) is 18.7 Å². The van der Waals surface area contributed by atoms with Crippen LogP contribution in [-0.4, -0.2) is 39.3 Å². The molecule has 0 bridgehead atoms. The van der Waals surface area contributed by atoms with Crippen molar-refractivity contribution in [3.05, 3.63) is 75.2 Å². The van der Waals surface area contributed by atoms with Gasteiger partial charge in [-0.05, 0) is 55.9 Å². The maximum Gasteiger partial charge on any atom is 0.272 e. The van der Waals surface area contributed by atoms with E-state index in [1.165, 1.54) is 6.42 Å². The number of rotatable bonds is 5. The summed E-state index contributed by atoms with van der Waals surface area (Å²) in [6.07, 6.45) is 2.58. The maximum absolute atomic E-state index is 13.4. The van der Waals surface area contributed by atoms with Crippen molar-refractivity contribution >= 4 is 22.8 Å². The highest BCUT2D eigenvalue weighted by molar-refractivity contribution is 5.94. The first-order chi connectivity index (χ1) is 16.1. The molecule has 1 fully saturated rings. The molecule has 1 atom stereocenters. The second-order valence-electron chi connectivity index (χ2n) is 10.0. The summed E-state index contributed by atoms with van der Waals surface area (Å²) in [6.45, 7) is 7.74. The number of aryl methyl sites for hydroxylation is 1. The van der Waals surface area contributed by atoms with Gasteiger partial charge >= 0.3 is 0 Å². The summed E-state index contributed by atoms with van der Waals surface area (Å²) in [5, 5.41) is 7.54. The second kappa shape index (κ2) is 9.05. The van der Waals surface area contributed by atoms with Crippen molar-refractivity contribution in [2.75, 3.05) is 13.1 Å². The number of aromatic nitrogens is 2. The van der Waals surface area contributed by atoms with Crippen molar-refractivity contribution in [3.8, 4) is 0 Å². The molecular formula is C27H33N5O2. The Morgan fingerprint density at radius 3 is 2.56 bits per heavy atom. The number of benzene rings is 2. The molecule has 0 radical (unpaired) electrons. The quantitative estimate of drug-likeness (QED) is 0.451. The van der Waals surface area contributed by atoms with Gasteiger partial charge in [0.15, 0.2) is 0 Å². The number of carbonyl (C=O) groups excluding carboxylic acids is 1. The molecule has 1 aliphatic rings. The van der Waals surface area contributed by atoms with E-state index in [9.17, 15) is 9.59 Å². The predicted molar refractivity (Wildman–Crippen MR) is 135 cm³/mol. The number of hydrogen-bond donors (Lipinski definition) is 2. The van der Waals surface area contributed by atoms with E-state index in [1.54, 1.807) is 23.7 Å². The summed E-state index contributed by atoms with van der Waals surface area (Å²) in [6, 6.07) is 13.0. The van der Waals surface area contributed by atoms with Crippen LogP contribution in [0.4, 0.5) is 0 Å². The van der Waals surface area contributed by atoms with Crippen LogP contribution < -0.4 is 11.3 Å². The van der Waals surface area contributed by atoms with Crippen LogP contribution in [0, 0.1) is 11.3 Å². The number of nitrogens with zero attached hydrogens (tertiary/aromatic N) is 3. The van der Waals surface area contributed by atoms with Crippen molar-refractivity contribution < 1.29 is 4.79 Å². The summed E-state index contributed by atoms with van der Waals surface area (Å²) >= 11 is 0. The number of amides is 1. The SMILES string of the molecule is CC1CCCN(C(=O)C(C)(C)c2ccc3c(c2)nc(Cc2ccc(C(=N)N)cc2)c(=O)n3C)C1. The molecule has 1 amide bonds. The minimum Gasteiger partial charge on any atom is -0.384 e. The number of piperidine rings is 1. The zero-order chi connectivity index (χ0) is 24.6. The number of amidine groups is 1. The minimum atomic E-state index is -0.690. The number of hydrogen-bond acceptors (Lipinski definition) is 4. The van der Waals surface area contributed by atoms with Gasteiger partial charge in [0.1, 0.15) is 11.5 Å². The standard InChI is InChI=1S/C27H33N5O2/c1-17-6-5-13-32(16-17)26(34)27(2,3)20-11-12-23-21(15-20)30-22(25(33)31(23)4)14-18-7-9-19(10-8-18)24(28)29/h7-12,15,17H,5-6,13-14,16H2,1-4H3,(H3,28,29). The van der Waals surface area contributed by atoms with Gasteiger partial charge in [0.2, 0.25) is 5.91 Å². The zero-order valence-electron chi connectivity index (χ0n) is 20.4. The molecule has 2 aromatic carbocycles. The van der Waals surface area contributed by atoms with Gasteiger partial charge < -0.3 is 15.2 Å². The molecule has 0 saturated carbocycles. The van der Waals surface area contributed by atoms with Gasteiger partial charge in [-0.25, -0.2) is 4.98 Å². The van der Waals surface area contributed by atoms with Crippen LogP contribution >= 0.6 is 0 Å². The molecule has 0 spiro atoms. The molecular weight excluding hydrogens is 426 g/mol. The smallest absolute Gasteiger partial charge is 0.272 e. The van der Waals surface area contributed by atoms with E-state index in [2.05, 4.69) is 6.92 Å². The number of fused-ring (bicyclic) bond motifs is 1. The van der Waals surface area contributed by atoms with Gasteiger partial charge in [-0.15, -0.1) is 0 Å². The third kappa shape index (κ3) is 4.47. The maximum atomic E-state index is 13.4. The molecule has 3 aromatic rings. The Morgan fingerprint density at radius 2 is 1.91 bits per heavy atom. The van der Waals surface area contributed by atoms with Crippen LogP contribution in [0.1, 0.15) is 56.0 Å². The number of likely N-dealkylation sites (tertiary alicyclic amines) is 1. The lowest BCUT2D eigenvalue weighted by atomic mass is 9.82. The van der Waals surface area contributed by atoms with E-state index in [1.807, 2.05) is 49.1 Å². The Hall–Kier alpha value is -3.48. The minimum absolute atomic E-state index is 0.00926. The molecule has 7 nitrogen and oxygen atoms in total. The fraction of sp³-hybridized carbons (Fsp3) is 0.407. The molecule has 1 aliphatic heterocycles. The van der Waals surface area contributed by atoms with Crippen LogP contribution in [-0.2, 0) is 23.7 Å². The van der Waals surface area contributed by atoms with E-state index in [0.29, 0.717) is 29.1 Å². The van der Waals surface area contributed by atoms with Crippen LogP contribution in [0.15, 0.2) is 47.3 Å². The molecule has 1 saturated heterocycles. The lowest BCUT2D eigenvalue weighted by Crippen LogP contribution is -2.47. The monoisotopic (exact) mass is 459 g/mol. The summed E-state index contributed by atoms with van der Waals surface area (Å²) in [4.78, 5) is 33.1. The van der Waals surface area contributed by atoms with Crippen LogP contribution in [0.3, 0.4) is 0 Å². The second-order valence-corrected chi connectivity index (χ2v) is 10.0. The Morgan fingerprint density at radius 1 is 1.21 bits per heavy atom. The first-order valence-corrected chi connectivity index (χ1v) is 11.8. The van der Waals surface area contributed by atoms with Crippen molar-refractivity contribution in [3.63, 3.8) is 0 Å². The van der Waals surface area contributed by atoms with E-state index in [0.717, 1.165) is 36.2 Å². The van der Waals surface area contributed by atoms with Gasteiger partial charge in [0.05, 0.1) is 16.4 Å². The molecule has 3 N–H and O–H groups in total. The number of nitrogens with one attached hydrogen (secondary N) is 1. The average Bonchev–Trinajstić information content (AvgIpc) is 2.81. The number of nitrogen functional groups attached to an aromatic ring is 1. The van der Waals surface area contributed by atoms with Gasteiger partial charge in [0, 0.05) is 32.1 Å². The molecule has 1 unspecified atom stereocenters. The number of nitrogens with two attached hydrogens (primary N) is 1. The van der Waals surface area contributed by atoms with Gasteiger partial charge in [0.25, 0.3) is 5.56 Å². The highest BCUT2D eigenvalue weighted by Crippen LogP contribution is 2.30. The summed E-state index contributed by atoms with van der Waals surface area (Å²) in [5.41, 5.74) is 9.03. The predicted octanol–water partition coefficient (Wildman–Crippen LogP) is 3.34. The van der Waals surface area contributed by atoms with Crippen LogP contribution in [0.5, 0.6) is 0 Å². The summed E-state index contributed by atoms with van der Waals surface area (Å²) < 4.78 is 1.62. The molecule has 0 aliphatic carbocycles. The molecule has 4 rings (SSSR count). The first kappa shape index (κ1) is 23.7. The zero-order valence-corrected chi connectivity index (χ0v) is 20.4. The molecule has 2 heterocycles. The van der Waals surface area contributed by atoms with Crippen molar-refractivity contribution in [1.82, 2.24) is 14.5 Å². The summed E-state index contributed by atoms with van der Waals surface area (Å²) in [5.74, 6) is 0.664. The molecule has 7 heteroatoms. The Bertz CT molecular complexity index is 1310. The number of carbonyl (C=O) groups is 1. The van der Waals surface area contributed by atoms with Crippen molar-refractivity contribution in [1.29, 1.82) is 5.41 Å². The van der Waals surface area contributed by atoms with E-state index in [-0.39, 0.29) is 17.3 Å². The lowest BCUT2D eigenvalue weighted by molar-refractivity contribution is -0.138. The highest BCUT2D eigenvalue weighted by Gasteiger charge is 2.35. The largest absolute Gasteiger partial charge is 0.384 e. The fourth-order valence-electron chi connectivity index (χ4n) is 4.78. The van der Waals surface area contributed by atoms with Gasteiger partial charge in [-0.1, -0.05) is 37.3 Å². The third-order valence-electron chi connectivity index (χ3n) is 6.98. The Kier molecular flexibility index (Phi) is 6.30. The highest BCUT2D eigenvalue weighted by atomic mass is 16.2. The Balaban J connectivity index is 1.68. The Labute approximate surface area is 200 Å². The van der Waals surface area contributed by atoms with E-state index in [4.69, 9.17) is 16.1 Å². The third-order valence-corrected chi connectivity index (χ3v) is 6.98. The summed E-state index contributed by atoms with van der Waals surface area (Å²) in [7, 11) is 1.75. The van der Waals surface area contributed by atoms with Crippen molar-refractivity contribution in [2.45, 2.75) is 45.4 Å². The van der Waals surface area contributed by atoms with E-state index >= 15 is 0 Å². The van der Waals surface area contributed by atoms with Crippen LogP contribution in [0.2, 0.25) is 0 Å². The lowest BCUT2D eigenvalue weighted by Gasteiger charge is -2.37. The van der Waals surface area contributed by atoms with Crippen LogP contribution in [0.25, 0.3) is 11.0 Å². The van der Waals surface area contributed by atoms with E-state index < -0.39 is 5.41 Å². The normalized spacial score (nSPS) is 16.6. The van der Waals surface area contributed by atoms with Gasteiger partial charge in [-0.3, -0.25) is 15.0 Å². The van der Waals surface area contributed by atoms with Gasteiger partial charge in [-0.2, -0.15) is 0 Å². The molecule has 1 aromatic heterocycles. The molecule has 178 valence electrons. The first-order valence-electron chi connectivity index (χ1n) is 11.8. The topological polar surface area (TPSA) is 105 Å². The fourth-order valence-corrected chi connectivity index (χ4v) is 4.78.